The molecule has 1 aliphatic rings. The van der Waals surface area contributed by atoms with Gasteiger partial charge in [0.1, 0.15) is 0 Å². The summed E-state index contributed by atoms with van der Waals surface area (Å²) in [6.45, 7) is 5.47. The van der Waals surface area contributed by atoms with Gasteiger partial charge in [-0.05, 0) is 43.9 Å². The molecule has 5 heteroatoms. The van der Waals surface area contributed by atoms with E-state index in [0.29, 0.717) is 13.1 Å². The molecule has 138 valence electrons. The second kappa shape index (κ2) is 8.49. The van der Waals surface area contributed by atoms with Gasteiger partial charge in [-0.1, -0.05) is 37.3 Å². The monoisotopic (exact) mass is 370 g/mol. The summed E-state index contributed by atoms with van der Waals surface area (Å²) in [4.78, 5) is 29.1. The lowest BCUT2D eigenvalue weighted by atomic mass is 9.93. The second-order valence-corrected chi connectivity index (χ2v) is 8.14. The number of rotatable bonds is 5. The lowest BCUT2D eigenvalue weighted by Gasteiger charge is -2.34. The molecule has 1 aliphatic heterocycles. The number of piperidine rings is 1. The van der Waals surface area contributed by atoms with Crippen LogP contribution in [0.2, 0.25) is 0 Å². The van der Waals surface area contributed by atoms with Crippen molar-refractivity contribution in [3.8, 4) is 0 Å². The normalized spacial score (nSPS) is 16.3. The third-order valence-corrected chi connectivity index (χ3v) is 6.01. The molecule has 26 heavy (non-hydrogen) atoms. The van der Waals surface area contributed by atoms with Gasteiger partial charge in [0, 0.05) is 24.0 Å². The molecule has 2 amide bonds. The number of benzene rings is 1. The Morgan fingerprint density at radius 1 is 1.15 bits per heavy atom. The molecular weight excluding hydrogens is 344 g/mol. The van der Waals surface area contributed by atoms with Crippen LogP contribution in [0.4, 0.5) is 0 Å². The van der Waals surface area contributed by atoms with Crippen LogP contribution in [0.5, 0.6) is 0 Å². The highest BCUT2D eigenvalue weighted by Crippen LogP contribution is 2.24. The Morgan fingerprint density at radius 3 is 2.42 bits per heavy atom. The first-order valence-corrected chi connectivity index (χ1v) is 10.1. The summed E-state index contributed by atoms with van der Waals surface area (Å²) in [5, 5.41) is 3.12. The summed E-state index contributed by atoms with van der Waals surface area (Å²) in [6.07, 6.45) is 2.43. The molecule has 0 unspecified atom stereocenters. The van der Waals surface area contributed by atoms with E-state index in [4.69, 9.17) is 0 Å². The van der Waals surface area contributed by atoms with Crippen molar-refractivity contribution in [3.05, 3.63) is 57.8 Å². The number of carbonyl (C=O) groups excluding carboxylic acids is 2. The molecule has 1 N–H and O–H groups in total. The number of carbonyl (C=O) groups is 2. The molecule has 0 saturated carbocycles. The maximum atomic E-state index is 12.9. The van der Waals surface area contributed by atoms with Crippen LogP contribution in [0.15, 0.2) is 42.5 Å². The average molecular weight is 371 g/mol. The minimum Gasteiger partial charge on any atom is -0.348 e. The van der Waals surface area contributed by atoms with Crippen LogP contribution < -0.4 is 5.32 Å². The maximum Gasteiger partial charge on any atom is 0.261 e. The van der Waals surface area contributed by atoms with E-state index >= 15 is 0 Å². The van der Waals surface area contributed by atoms with E-state index in [1.165, 1.54) is 11.3 Å². The van der Waals surface area contributed by atoms with Gasteiger partial charge < -0.3 is 10.2 Å². The van der Waals surface area contributed by atoms with Crippen molar-refractivity contribution in [1.82, 2.24) is 10.2 Å². The standard InChI is InChI=1S/C21H26N2O2S/c1-3-18(16-7-5-4-6-8-16)21(25)23-13-11-17(12-14-23)22-20(24)19-10-9-15(2)26-19/h4-10,17-18H,3,11-14H2,1-2H3,(H,22,24)/t18-/m1/s1. The summed E-state index contributed by atoms with van der Waals surface area (Å²) in [5.74, 6) is 0.136. The van der Waals surface area contributed by atoms with Gasteiger partial charge in [0.05, 0.1) is 10.8 Å². The Hall–Kier alpha value is -2.14. The van der Waals surface area contributed by atoms with Crippen molar-refractivity contribution in [2.45, 2.75) is 45.1 Å². The fourth-order valence-corrected chi connectivity index (χ4v) is 4.29. The topological polar surface area (TPSA) is 49.4 Å². The summed E-state index contributed by atoms with van der Waals surface area (Å²) < 4.78 is 0. The molecule has 1 saturated heterocycles. The van der Waals surface area contributed by atoms with E-state index in [2.05, 4.69) is 12.2 Å². The number of aryl methyl sites for hydroxylation is 1. The largest absolute Gasteiger partial charge is 0.348 e. The van der Waals surface area contributed by atoms with Gasteiger partial charge in [0.2, 0.25) is 5.91 Å². The van der Waals surface area contributed by atoms with Gasteiger partial charge >= 0.3 is 0 Å². The summed E-state index contributed by atoms with van der Waals surface area (Å²) in [6, 6.07) is 14.0. The fraction of sp³-hybridized carbons (Fsp3) is 0.429. The number of nitrogens with one attached hydrogen (secondary N) is 1. The minimum absolute atomic E-state index is 0.00333. The van der Waals surface area contributed by atoms with E-state index in [-0.39, 0.29) is 23.8 Å². The predicted octanol–water partition coefficient (Wildman–Crippen LogP) is 3.97. The van der Waals surface area contributed by atoms with Crippen LogP contribution in [0.25, 0.3) is 0 Å². The third kappa shape index (κ3) is 4.33. The average Bonchev–Trinajstić information content (AvgIpc) is 3.10. The first kappa shape index (κ1) is 18.6. The van der Waals surface area contributed by atoms with Gasteiger partial charge in [-0.3, -0.25) is 9.59 Å². The molecule has 0 aliphatic carbocycles. The highest BCUT2D eigenvalue weighted by molar-refractivity contribution is 7.13. The van der Waals surface area contributed by atoms with Crippen LogP contribution in [0.3, 0.4) is 0 Å². The van der Waals surface area contributed by atoms with E-state index in [9.17, 15) is 9.59 Å². The Balaban J connectivity index is 1.54. The zero-order valence-electron chi connectivity index (χ0n) is 15.4. The Bertz CT molecular complexity index is 748. The molecule has 1 fully saturated rings. The molecule has 0 radical (unpaired) electrons. The van der Waals surface area contributed by atoms with E-state index in [1.54, 1.807) is 0 Å². The molecule has 2 heterocycles. The van der Waals surface area contributed by atoms with Gasteiger partial charge in [-0.2, -0.15) is 0 Å². The number of hydrogen-bond donors (Lipinski definition) is 1. The highest BCUT2D eigenvalue weighted by atomic mass is 32.1. The summed E-state index contributed by atoms with van der Waals surface area (Å²) in [7, 11) is 0. The third-order valence-electron chi connectivity index (χ3n) is 5.01. The zero-order valence-corrected chi connectivity index (χ0v) is 16.2. The number of likely N-dealkylation sites (tertiary alicyclic amines) is 1. The van der Waals surface area contributed by atoms with Gasteiger partial charge in [-0.25, -0.2) is 0 Å². The predicted molar refractivity (Wildman–Crippen MR) is 106 cm³/mol. The van der Waals surface area contributed by atoms with Crippen molar-refractivity contribution in [2.75, 3.05) is 13.1 Å². The Labute approximate surface area is 159 Å². The second-order valence-electron chi connectivity index (χ2n) is 6.85. The smallest absolute Gasteiger partial charge is 0.261 e. The van der Waals surface area contributed by atoms with Crippen molar-refractivity contribution in [3.63, 3.8) is 0 Å². The maximum absolute atomic E-state index is 12.9. The van der Waals surface area contributed by atoms with Crippen LogP contribution in [0.1, 0.15) is 52.2 Å². The minimum atomic E-state index is -0.0727. The molecule has 0 bridgehead atoms. The fourth-order valence-electron chi connectivity index (χ4n) is 3.52. The van der Waals surface area contributed by atoms with E-state index in [1.807, 2.05) is 54.3 Å². The molecule has 4 nitrogen and oxygen atoms in total. The lowest BCUT2D eigenvalue weighted by molar-refractivity contribution is -0.134. The first-order chi connectivity index (χ1) is 12.6. The van der Waals surface area contributed by atoms with Crippen molar-refractivity contribution < 1.29 is 9.59 Å². The van der Waals surface area contributed by atoms with Gasteiger partial charge in [0.25, 0.3) is 5.91 Å². The molecular formula is C21H26N2O2S. The summed E-state index contributed by atoms with van der Waals surface area (Å²) in [5.41, 5.74) is 1.09. The van der Waals surface area contributed by atoms with E-state index < -0.39 is 0 Å². The van der Waals surface area contributed by atoms with E-state index in [0.717, 1.165) is 34.6 Å². The Morgan fingerprint density at radius 2 is 1.85 bits per heavy atom. The molecule has 2 aromatic rings. The molecule has 1 aromatic carbocycles. The SMILES string of the molecule is CC[C@@H](C(=O)N1CCC(NC(=O)c2ccc(C)s2)CC1)c1ccccc1. The summed E-state index contributed by atoms with van der Waals surface area (Å²) >= 11 is 1.52. The van der Waals surface area contributed by atoms with Crippen LogP contribution in [0, 0.1) is 6.92 Å². The molecule has 1 aromatic heterocycles. The van der Waals surface area contributed by atoms with Crippen LogP contribution >= 0.6 is 11.3 Å². The lowest BCUT2D eigenvalue weighted by Crippen LogP contribution is -2.47. The van der Waals surface area contributed by atoms with Crippen molar-refractivity contribution >= 4 is 23.2 Å². The first-order valence-electron chi connectivity index (χ1n) is 9.29. The zero-order chi connectivity index (χ0) is 18.5. The van der Waals surface area contributed by atoms with Crippen LogP contribution in [-0.4, -0.2) is 35.8 Å². The number of hydrogen-bond acceptors (Lipinski definition) is 3. The Kier molecular flexibility index (Phi) is 6.09. The number of thiophene rings is 1. The quantitative estimate of drug-likeness (QED) is 0.866. The molecule has 0 spiro atoms. The van der Waals surface area contributed by atoms with Crippen LogP contribution in [-0.2, 0) is 4.79 Å². The van der Waals surface area contributed by atoms with Gasteiger partial charge in [0.15, 0.2) is 0 Å². The highest BCUT2D eigenvalue weighted by Gasteiger charge is 2.29. The molecule has 1 atom stereocenters. The van der Waals surface area contributed by atoms with Crippen molar-refractivity contribution in [2.24, 2.45) is 0 Å². The molecule has 3 rings (SSSR count). The van der Waals surface area contributed by atoms with Crippen molar-refractivity contribution in [1.29, 1.82) is 0 Å². The number of amides is 2. The number of nitrogens with zero attached hydrogens (tertiary/aromatic N) is 1. The van der Waals surface area contributed by atoms with Gasteiger partial charge in [-0.15, -0.1) is 11.3 Å².